The van der Waals surface area contributed by atoms with Gasteiger partial charge in [0.2, 0.25) is 5.91 Å². The first kappa shape index (κ1) is 17.0. The fourth-order valence-electron chi connectivity index (χ4n) is 3.52. The van der Waals surface area contributed by atoms with Crippen molar-refractivity contribution in [1.82, 2.24) is 19.8 Å². The topological polar surface area (TPSA) is 79.7 Å². The zero-order valence-corrected chi connectivity index (χ0v) is 14.9. The van der Waals surface area contributed by atoms with E-state index in [-0.39, 0.29) is 24.2 Å². The third kappa shape index (κ3) is 3.42. The van der Waals surface area contributed by atoms with E-state index in [1.54, 1.807) is 13.4 Å². The van der Waals surface area contributed by atoms with Gasteiger partial charge in [0, 0.05) is 52.0 Å². The number of benzene rings is 1. The lowest BCUT2D eigenvalue weighted by molar-refractivity contribution is -0.133. The Balaban J connectivity index is 1.38. The van der Waals surface area contributed by atoms with Crippen LogP contribution in [0.25, 0.3) is 10.9 Å². The molecule has 1 amide bonds. The van der Waals surface area contributed by atoms with Crippen molar-refractivity contribution in [2.75, 3.05) is 50.8 Å². The van der Waals surface area contributed by atoms with E-state index in [2.05, 4.69) is 20.1 Å². The van der Waals surface area contributed by atoms with E-state index in [0.717, 1.165) is 43.9 Å². The summed E-state index contributed by atoms with van der Waals surface area (Å²) in [5, 5.41) is 3.49. The maximum Gasteiger partial charge on any atom is 0.260 e. The molecule has 2 fully saturated rings. The number of carbonyl (C=O) groups is 1. The van der Waals surface area contributed by atoms with Gasteiger partial charge < -0.3 is 19.5 Å². The molecule has 0 radical (unpaired) electrons. The molecule has 8 heteroatoms. The summed E-state index contributed by atoms with van der Waals surface area (Å²) < 4.78 is 7.06. The standard InChI is InChI=1S/C18H23N5O3/c1-21-12-20-16-8-13(2-3-15(16)18(21)25)23-6-4-22(5-7-23)10-14-9-19-17(24)11-26-14/h2-3,8,12,14H,4-7,9-11H2,1H3,(H,19,24). The number of piperazine rings is 1. The summed E-state index contributed by atoms with van der Waals surface area (Å²) in [7, 11) is 1.71. The first-order valence-corrected chi connectivity index (χ1v) is 8.91. The number of rotatable bonds is 3. The maximum atomic E-state index is 12.1. The maximum absolute atomic E-state index is 12.1. The second-order valence-electron chi connectivity index (χ2n) is 6.89. The predicted molar refractivity (Wildman–Crippen MR) is 98.4 cm³/mol. The number of nitrogens with zero attached hydrogens (tertiary/aromatic N) is 4. The van der Waals surface area contributed by atoms with Crippen molar-refractivity contribution < 1.29 is 9.53 Å². The van der Waals surface area contributed by atoms with Crippen molar-refractivity contribution in [3.8, 4) is 0 Å². The Morgan fingerprint density at radius 2 is 2.04 bits per heavy atom. The summed E-state index contributed by atoms with van der Waals surface area (Å²) in [4.78, 5) is 32.3. The molecule has 8 nitrogen and oxygen atoms in total. The molecular weight excluding hydrogens is 334 g/mol. The lowest BCUT2D eigenvalue weighted by Gasteiger charge is -2.38. The lowest BCUT2D eigenvalue weighted by atomic mass is 10.2. The normalized spacial score (nSPS) is 21.8. The Bertz CT molecular complexity index is 863. The first-order chi connectivity index (χ1) is 12.6. The summed E-state index contributed by atoms with van der Waals surface area (Å²) in [5.41, 5.74) is 1.81. The second kappa shape index (κ2) is 7.05. The van der Waals surface area contributed by atoms with Crippen molar-refractivity contribution in [1.29, 1.82) is 0 Å². The van der Waals surface area contributed by atoms with Crippen LogP contribution in [0.4, 0.5) is 5.69 Å². The minimum Gasteiger partial charge on any atom is -0.369 e. The summed E-state index contributed by atoms with van der Waals surface area (Å²) in [6, 6.07) is 5.86. The van der Waals surface area contributed by atoms with Crippen LogP contribution in [0.5, 0.6) is 0 Å². The average Bonchev–Trinajstić information content (AvgIpc) is 2.67. The van der Waals surface area contributed by atoms with Gasteiger partial charge in [0.25, 0.3) is 5.56 Å². The van der Waals surface area contributed by atoms with Crippen LogP contribution in [0.15, 0.2) is 29.3 Å². The van der Waals surface area contributed by atoms with Crippen molar-refractivity contribution in [3.05, 3.63) is 34.9 Å². The van der Waals surface area contributed by atoms with Crippen LogP contribution >= 0.6 is 0 Å². The van der Waals surface area contributed by atoms with E-state index in [9.17, 15) is 9.59 Å². The Labute approximate surface area is 151 Å². The van der Waals surface area contributed by atoms with Gasteiger partial charge in [0.05, 0.1) is 23.3 Å². The van der Waals surface area contributed by atoms with Crippen LogP contribution in [-0.2, 0) is 16.6 Å². The van der Waals surface area contributed by atoms with Crippen LogP contribution in [0.3, 0.4) is 0 Å². The highest BCUT2D eigenvalue weighted by Crippen LogP contribution is 2.20. The van der Waals surface area contributed by atoms with Crippen LogP contribution in [0, 0.1) is 0 Å². The van der Waals surface area contributed by atoms with Gasteiger partial charge in [-0.3, -0.25) is 14.5 Å². The molecule has 2 aliphatic heterocycles. The molecule has 0 spiro atoms. The van der Waals surface area contributed by atoms with Gasteiger partial charge in [0.1, 0.15) is 6.61 Å². The molecule has 1 aromatic heterocycles. The van der Waals surface area contributed by atoms with Crippen molar-refractivity contribution in [2.45, 2.75) is 6.10 Å². The number of nitrogens with one attached hydrogen (secondary N) is 1. The Kier molecular flexibility index (Phi) is 4.60. The van der Waals surface area contributed by atoms with E-state index in [4.69, 9.17) is 4.74 Å². The zero-order valence-electron chi connectivity index (χ0n) is 14.9. The van der Waals surface area contributed by atoms with Gasteiger partial charge >= 0.3 is 0 Å². The lowest BCUT2D eigenvalue weighted by Crippen LogP contribution is -2.52. The molecule has 138 valence electrons. The number of aryl methyl sites for hydroxylation is 1. The number of aromatic nitrogens is 2. The molecule has 2 aromatic rings. The average molecular weight is 357 g/mol. The van der Waals surface area contributed by atoms with E-state index in [1.165, 1.54) is 4.57 Å². The molecule has 2 saturated heterocycles. The molecule has 2 aliphatic rings. The first-order valence-electron chi connectivity index (χ1n) is 8.91. The van der Waals surface area contributed by atoms with E-state index in [0.29, 0.717) is 11.9 Å². The number of hydrogen-bond acceptors (Lipinski definition) is 6. The predicted octanol–water partition coefficient (Wildman–Crippen LogP) is -0.429. The van der Waals surface area contributed by atoms with Crippen LogP contribution < -0.4 is 15.8 Å². The highest BCUT2D eigenvalue weighted by molar-refractivity contribution is 5.81. The minimum absolute atomic E-state index is 0.0223. The Hall–Kier alpha value is -2.45. The van der Waals surface area contributed by atoms with E-state index < -0.39 is 0 Å². The molecule has 1 unspecified atom stereocenters. The Morgan fingerprint density at radius 3 is 2.77 bits per heavy atom. The van der Waals surface area contributed by atoms with Crippen molar-refractivity contribution in [2.24, 2.45) is 7.05 Å². The fourth-order valence-corrected chi connectivity index (χ4v) is 3.52. The summed E-state index contributed by atoms with van der Waals surface area (Å²) in [6.45, 7) is 5.29. The molecule has 0 bridgehead atoms. The second-order valence-corrected chi connectivity index (χ2v) is 6.89. The molecule has 4 rings (SSSR count). The highest BCUT2D eigenvalue weighted by atomic mass is 16.5. The summed E-state index contributed by atoms with van der Waals surface area (Å²) >= 11 is 0. The third-order valence-electron chi connectivity index (χ3n) is 5.08. The highest BCUT2D eigenvalue weighted by Gasteiger charge is 2.24. The molecule has 1 aromatic carbocycles. The molecule has 1 atom stereocenters. The Morgan fingerprint density at radius 1 is 1.23 bits per heavy atom. The van der Waals surface area contributed by atoms with E-state index in [1.807, 2.05) is 18.2 Å². The van der Waals surface area contributed by atoms with Crippen molar-refractivity contribution >= 4 is 22.5 Å². The van der Waals surface area contributed by atoms with Crippen LogP contribution in [0.2, 0.25) is 0 Å². The van der Waals surface area contributed by atoms with Crippen molar-refractivity contribution in [3.63, 3.8) is 0 Å². The van der Waals surface area contributed by atoms with Gasteiger partial charge in [0.15, 0.2) is 0 Å². The van der Waals surface area contributed by atoms with Gasteiger partial charge in [-0.05, 0) is 18.2 Å². The van der Waals surface area contributed by atoms with Gasteiger partial charge in [-0.1, -0.05) is 0 Å². The van der Waals surface area contributed by atoms with Gasteiger partial charge in [-0.25, -0.2) is 4.98 Å². The molecule has 0 aliphatic carbocycles. The van der Waals surface area contributed by atoms with Crippen LogP contribution in [0.1, 0.15) is 0 Å². The minimum atomic E-state index is -0.0363. The number of carbonyl (C=O) groups excluding carboxylic acids is 1. The van der Waals surface area contributed by atoms with E-state index >= 15 is 0 Å². The molecule has 0 saturated carbocycles. The number of anilines is 1. The summed E-state index contributed by atoms with van der Waals surface area (Å²) in [5.74, 6) is -0.0363. The molecule has 1 N–H and O–H groups in total. The SMILES string of the molecule is Cn1cnc2cc(N3CCN(CC4CNC(=O)CO4)CC3)ccc2c1=O. The molecule has 3 heterocycles. The molecular formula is C18H23N5O3. The van der Waals surface area contributed by atoms with Gasteiger partial charge in [-0.2, -0.15) is 0 Å². The number of hydrogen-bond donors (Lipinski definition) is 1. The number of ether oxygens (including phenoxy) is 1. The number of fused-ring (bicyclic) bond motifs is 1. The number of morpholine rings is 1. The quantitative estimate of drug-likeness (QED) is 0.803. The zero-order chi connectivity index (χ0) is 18.1. The van der Waals surface area contributed by atoms with Crippen LogP contribution in [-0.4, -0.2) is 72.3 Å². The van der Waals surface area contributed by atoms with Gasteiger partial charge in [-0.15, -0.1) is 0 Å². The smallest absolute Gasteiger partial charge is 0.260 e. The largest absolute Gasteiger partial charge is 0.369 e. The monoisotopic (exact) mass is 357 g/mol. The third-order valence-corrected chi connectivity index (χ3v) is 5.08. The fraction of sp³-hybridized carbons (Fsp3) is 0.500. The number of amides is 1. The summed E-state index contributed by atoms with van der Waals surface area (Å²) in [6.07, 6.45) is 1.63. The molecule has 26 heavy (non-hydrogen) atoms.